The van der Waals surface area contributed by atoms with Gasteiger partial charge in [-0.2, -0.15) is 0 Å². The Morgan fingerprint density at radius 1 is 0.541 bits per heavy atom. The predicted molar refractivity (Wildman–Crippen MR) is 255 cm³/mol. The van der Waals surface area contributed by atoms with Gasteiger partial charge >= 0.3 is 6.85 Å². The number of benzene rings is 8. The van der Waals surface area contributed by atoms with Crippen LogP contribution >= 0.6 is 0 Å². The van der Waals surface area contributed by atoms with Gasteiger partial charge in [0.2, 0.25) is 0 Å². The van der Waals surface area contributed by atoms with Gasteiger partial charge in [-0.05, 0) is 117 Å². The fourth-order valence-corrected chi connectivity index (χ4v) is 11.7. The van der Waals surface area contributed by atoms with E-state index in [0.717, 1.165) is 43.9 Å². The van der Waals surface area contributed by atoms with Crippen molar-refractivity contribution >= 4 is 94.8 Å². The molecule has 0 radical (unpaired) electrons. The highest BCUT2D eigenvalue weighted by Crippen LogP contribution is 2.53. The summed E-state index contributed by atoms with van der Waals surface area (Å²) >= 11 is 0. The molecule has 8 aromatic carbocycles. The van der Waals surface area contributed by atoms with E-state index in [9.17, 15) is 0 Å². The number of aromatic nitrogens is 1. The summed E-state index contributed by atoms with van der Waals surface area (Å²) in [7, 11) is 0. The van der Waals surface area contributed by atoms with E-state index in [0.29, 0.717) is 0 Å². The number of anilines is 2. The second-order valence-electron chi connectivity index (χ2n) is 19.3. The summed E-state index contributed by atoms with van der Waals surface area (Å²) in [5, 5.41) is 7.06. The molecule has 5 heterocycles. The first-order chi connectivity index (χ1) is 29.5. The maximum atomic E-state index is 6.65. The smallest absolute Gasteiger partial charge is 0.333 e. The predicted octanol–water partition coefficient (Wildman–Crippen LogP) is 13.7. The molecule has 11 aromatic rings. The van der Waals surface area contributed by atoms with Gasteiger partial charge in [-0.15, -0.1) is 0 Å². The molecule has 0 atom stereocenters. The van der Waals surface area contributed by atoms with Crippen LogP contribution in [0.25, 0.3) is 93.6 Å². The largest absolute Gasteiger partial charge is 0.456 e. The maximum absolute atomic E-state index is 6.65. The summed E-state index contributed by atoms with van der Waals surface area (Å²) in [6.07, 6.45) is 0. The van der Waals surface area contributed by atoms with Crippen molar-refractivity contribution in [1.82, 2.24) is 4.57 Å². The Hall–Kier alpha value is -6.98. The zero-order chi connectivity index (χ0) is 40.8. The van der Waals surface area contributed by atoms with Crippen LogP contribution in [0.5, 0.6) is 0 Å². The van der Waals surface area contributed by atoms with E-state index in [2.05, 4.69) is 190 Å². The molecule has 61 heavy (non-hydrogen) atoms. The van der Waals surface area contributed by atoms with Gasteiger partial charge in [0.15, 0.2) is 0 Å². The topological polar surface area (TPSA) is 34.5 Å². The molecule has 290 valence electrons. The van der Waals surface area contributed by atoms with Gasteiger partial charge in [-0.25, -0.2) is 0 Å². The van der Waals surface area contributed by atoms with Gasteiger partial charge in [-0.1, -0.05) is 120 Å². The first kappa shape index (κ1) is 33.8. The van der Waals surface area contributed by atoms with Crippen LogP contribution in [-0.2, 0) is 10.8 Å². The molecule has 0 amide bonds. The zero-order valence-electron chi connectivity index (χ0n) is 35.1. The first-order valence-electron chi connectivity index (χ1n) is 21.6. The lowest BCUT2D eigenvalue weighted by atomic mass is 9.43. The van der Waals surface area contributed by atoms with Crippen molar-refractivity contribution in [3.8, 4) is 27.9 Å². The molecule has 14 rings (SSSR count). The molecule has 3 aromatic heterocycles. The number of nitrogens with zero attached hydrogens (tertiary/aromatic N) is 2. The van der Waals surface area contributed by atoms with Crippen LogP contribution < -0.4 is 15.7 Å². The first-order valence-corrected chi connectivity index (χ1v) is 21.6. The standard InChI is InChI=1S/C56H41BN2O2/c1-30-23-40-37-27-50-39(35-15-9-12-18-49(35)60-50)26-46(37)59(32-21-19-31(20-22-32)55(2,3)4)57-44-24-36-33-13-7-10-16-42(33)56(5,6)43(36)29-47(44)58-45-25-38-34-14-8-11-17-48(34)61-51(38)28-41(45)52(30)54(58)53(40)57/h7-29H,1-6H3. The van der Waals surface area contributed by atoms with Gasteiger partial charge < -0.3 is 18.2 Å². The van der Waals surface area contributed by atoms with Gasteiger partial charge in [0.05, 0.1) is 11.0 Å². The van der Waals surface area contributed by atoms with Gasteiger partial charge in [0.1, 0.15) is 22.3 Å². The SMILES string of the molecule is Cc1cc2c3c4c1c1cc5oc6ccccc6c5cc1n4-c1cc4c(cc1B3N(c1ccc(C(C)(C)C)cc1)c1cc3c(cc1-2)oc1ccccc13)-c1ccccc1C4(C)C. The molecule has 0 saturated carbocycles. The number of furan rings is 2. The van der Waals surface area contributed by atoms with E-state index in [-0.39, 0.29) is 17.7 Å². The molecule has 1 aliphatic carbocycles. The van der Waals surface area contributed by atoms with Crippen LogP contribution in [0.4, 0.5) is 11.4 Å². The van der Waals surface area contributed by atoms with E-state index in [1.807, 2.05) is 0 Å². The Bertz CT molecular complexity index is 3800. The van der Waals surface area contributed by atoms with Crippen molar-refractivity contribution in [2.45, 2.75) is 52.4 Å². The molecule has 0 spiro atoms. The lowest BCUT2D eigenvalue weighted by Gasteiger charge is -2.42. The normalized spacial score (nSPS) is 14.8. The van der Waals surface area contributed by atoms with Crippen LogP contribution in [0.2, 0.25) is 0 Å². The van der Waals surface area contributed by atoms with Crippen LogP contribution in [0.15, 0.2) is 148 Å². The minimum Gasteiger partial charge on any atom is -0.456 e. The summed E-state index contributed by atoms with van der Waals surface area (Å²) in [5.41, 5.74) is 22.7. The van der Waals surface area contributed by atoms with E-state index >= 15 is 0 Å². The average molecular weight is 785 g/mol. The quantitative estimate of drug-likeness (QED) is 0.156. The molecule has 5 heteroatoms. The number of rotatable bonds is 1. The van der Waals surface area contributed by atoms with Crippen molar-refractivity contribution in [2.75, 3.05) is 4.81 Å². The Balaban J connectivity index is 1.18. The molecule has 3 aliphatic rings. The van der Waals surface area contributed by atoms with E-state index < -0.39 is 0 Å². The Morgan fingerprint density at radius 2 is 1.21 bits per heavy atom. The van der Waals surface area contributed by atoms with Gasteiger partial charge in [0, 0.05) is 60.4 Å². The number of para-hydroxylation sites is 2. The van der Waals surface area contributed by atoms with Crippen LogP contribution in [0.3, 0.4) is 0 Å². The highest BCUT2D eigenvalue weighted by atomic mass is 16.3. The van der Waals surface area contributed by atoms with Crippen LogP contribution in [0, 0.1) is 6.92 Å². The van der Waals surface area contributed by atoms with E-state index in [1.54, 1.807) is 0 Å². The van der Waals surface area contributed by atoms with Crippen LogP contribution in [0.1, 0.15) is 56.9 Å². The van der Waals surface area contributed by atoms with Gasteiger partial charge in [-0.3, -0.25) is 0 Å². The number of fused-ring (bicyclic) bond motifs is 17. The minimum absolute atomic E-state index is 0.0279. The molecule has 2 aliphatic heterocycles. The monoisotopic (exact) mass is 784 g/mol. The highest BCUT2D eigenvalue weighted by molar-refractivity contribution is 6.93. The van der Waals surface area contributed by atoms with Crippen molar-refractivity contribution < 1.29 is 8.83 Å². The summed E-state index contributed by atoms with van der Waals surface area (Å²) in [6.45, 7) is 13.9. The average Bonchev–Trinajstić information content (AvgIpc) is 3.98. The zero-order valence-corrected chi connectivity index (χ0v) is 35.1. The number of hydrogen-bond donors (Lipinski definition) is 0. The number of aryl methyl sites for hydroxylation is 1. The minimum atomic E-state index is -0.162. The molecular formula is C56H41BN2O2. The van der Waals surface area contributed by atoms with E-state index in [4.69, 9.17) is 8.83 Å². The third kappa shape index (κ3) is 4.17. The Labute approximate surface area is 353 Å². The van der Waals surface area contributed by atoms with Crippen LogP contribution in [-0.4, -0.2) is 11.4 Å². The van der Waals surface area contributed by atoms with E-state index in [1.165, 1.54) is 94.3 Å². The van der Waals surface area contributed by atoms with Crippen molar-refractivity contribution in [2.24, 2.45) is 0 Å². The Kier molecular flexibility index (Phi) is 6.12. The highest BCUT2D eigenvalue weighted by Gasteiger charge is 2.47. The lowest BCUT2D eigenvalue weighted by molar-refractivity contribution is 0.590. The molecule has 0 unspecified atom stereocenters. The fraction of sp³-hybridized carbons (Fsp3) is 0.143. The van der Waals surface area contributed by atoms with Crippen molar-refractivity contribution in [1.29, 1.82) is 0 Å². The molecule has 0 N–H and O–H groups in total. The summed E-state index contributed by atoms with van der Waals surface area (Å²) in [5.74, 6) is 0. The van der Waals surface area contributed by atoms with Gasteiger partial charge in [0.25, 0.3) is 0 Å². The fourth-order valence-electron chi connectivity index (χ4n) is 11.7. The molecular weight excluding hydrogens is 743 g/mol. The van der Waals surface area contributed by atoms with Crippen molar-refractivity contribution in [3.05, 3.63) is 162 Å². The third-order valence-electron chi connectivity index (χ3n) is 14.6. The Morgan fingerprint density at radius 3 is 1.95 bits per heavy atom. The van der Waals surface area contributed by atoms with Crippen molar-refractivity contribution in [3.63, 3.8) is 0 Å². The number of hydrogen-bond acceptors (Lipinski definition) is 3. The lowest BCUT2D eigenvalue weighted by Crippen LogP contribution is -2.60. The molecule has 0 saturated heterocycles. The summed E-state index contributed by atoms with van der Waals surface area (Å²) < 4.78 is 15.9. The summed E-state index contributed by atoms with van der Waals surface area (Å²) in [4.78, 5) is 2.65. The molecule has 4 nitrogen and oxygen atoms in total. The third-order valence-corrected chi connectivity index (χ3v) is 14.6. The second kappa shape index (κ2) is 11.0. The summed E-state index contributed by atoms with van der Waals surface area (Å²) in [6, 6.07) is 52.3. The molecule has 0 fully saturated rings. The second-order valence-corrected chi connectivity index (χ2v) is 19.3. The molecule has 0 bridgehead atoms. The maximum Gasteiger partial charge on any atom is 0.333 e.